The highest BCUT2D eigenvalue weighted by molar-refractivity contribution is 5.79. The molecule has 2 aliphatic heterocycles. The molecule has 2 bridgehead atoms. The summed E-state index contributed by atoms with van der Waals surface area (Å²) in [6.07, 6.45) is 8.23. The SMILES string of the molecule is CCCCOc1nc(N)c2c(n1)C(CCCCCN1CC3CC1CN3C)=C(C#N)C2. The number of rotatable bonds is 10. The number of fused-ring (bicyclic) bond motifs is 3. The number of nitrogens with zero attached hydrogens (tertiary/aromatic N) is 5. The number of nitrogens with two attached hydrogens (primary N) is 1. The van der Waals surface area contributed by atoms with Gasteiger partial charge in [-0.25, -0.2) is 0 Å². The third-order valence-electron chi connectivity index (χ3n) is 6.89. The normalized spacial score (nSPS) is 23.2. The molecule has 0 radical (unpaired) electrons. The van der Waals surface area contributed by atoms with Crippen LogP contribution in [0.5, 0.6) is 6.01 Å². The molecule has 2 fully saturated rings. The van der Waals surface area contributed by atoms with Crippen LogP contribution < -0.4 is 10.5 Å². The highest BCUT2D eigenvalue weighted by atomic mass is 16.5. The number of likely N-dealkylation sites (tertiary alicyclic amines) is 2. The number of likely N-dealkylation sites (N-methyl/N-ethyl adjacent to an activating group) is 1. The summed E-state index contributed by atoms with van der Waals surface area (Å²) in [4.78, 5) is 14.1. The van der Waals surface area contributed by atoms with E-state index < -0.39 is 0 Å². The Bertz CT molecular complexity index is 843. The first kappa shape index (κ1) is 21.1. The van der Waals surface area contributed by atoms with E-state index in [1.807, 2.05) is 0 Å². The van der Waals surface area contributed by atoms with Crippen LogP contribution in [0.3, 0.4) is 0 Å². The summed E-state index contributed by atoms with van der Waals surface area (Å²) in [5.74, 6) is 0.448. The average Bonchev–Trinajstić information content (AvgIpc) is 3.40. The highest BCUT2D eigenvalue weighted by Gasteiger charge is 2.40. The second kappa shape index (κ2) is 9.32. The first-order chi connectivity index (χ1) is 14.6. The lowest BCUT2D eigenvalue weighted by molar-refractivity contribution is 0.147. The van der Waals surface area contributed by atoms with Gasteiger partial charge in [0.25, 0.3) is 0 Å². The third-order valence-corrected chi connectivity index (χ3v) is 6.89. The zero-order chi connectivity index (χ0) is 21.1. The maximum absolute atomic E-state index is 9.63. The predicted molar refractivity (Wildman–Crippen MR) is 118 cm³/mol. The number of unbranched alkanes of at least 4 members (excludes halogenated alkanes) is 3. The van der Waals surface area contributed by atoms with E-state index in [1.54, 1.807) is 0 Å². The fraction of sp³-hybridized carbons (Fsp3) is 0.696. The van der Waals surface area contributed by atoms with Gasteiger partial charge in [0.1, 0.15) is 5.82 Å². The number of nitriles is 1. The molecule has 7 heteroatoms. The van der Waals surface area contributed by atoms with Gasteiger partial charge in [-0.1, -0.05) is 19.8 Å². The minimum Gasteiger partial charge on any atom is -0.463 e. The Morgan fingerprint density at radius 2 is 2.03 bits per heavy atom. The van der Waals surface area contributed by atoms with E-state index in [1.165, 1.54) is 38.9 Å². The van der Waals surface area contributed by atoms with Crippen LogP contribution in [0.1, 0.15) is 63.1 Å². The average molecular weight is 411 g/mol. The van der Waals surface area contributed by atoms with Crippen molar-refractivity contribution in [3.8, 4) is 12.1 Å². The molecule has 162 valence electrons. The Morgan fingerprint density at radius 3 is 2.73 bits per heavy atom. The number of nitrogen functional groups attached to an aromatic ring is 1. The van der Waals surface area contributed by atoms with Crippen molar-refractivity contribution in [2.75, 3.05) is 39.0 Å². The first-order valence-corrected chi connectivity index (χ1v) is 11.5. The summed E-state index contributed by atoms with van der Waals surface area (Å²) in [7, 11) is 2.25. The standard InChI is InChI=1S/C23H34N6O/c1-3-4-10-30-23-26-21-19(16(13-24)11-20(21)22(25)27-23)8-6-5-7-9-29-15-17-12-18(29)14-28(17)2/h17-18H,3-12,14-15H2,1-2H3,(H2,25,26,27). The van der Waals surface area contributed by atoms with Crippen LogP contribution in [-0.4, -0.2) is 65.1 Å². The number of hydrogen-bond donors (Lipinski definition) is 1. The van der Waals surface area contributed by atoms with E-state index in [2.05, 4.69) is 39.8 Å². The number of piperazine rings is 1. The fourth-order valence-corrected chi connectivity index (χ4v) is 5.09. The smallest absolute Gasteiger partial charge is 0.318 e. The molecule has 3 heterocycles. The summed E-state index contributed by atoms with van der Waals surface area (Å²) in [5, 5.41) is 9.63. The molecule has 7 nitrogen and oxygen atoms in total. The minimum absolute atomic E-state index is 0.338. The van der Waals surface area contributed by atoms with E-state index >= 15 is 0 Å². The van der Waals surface area contributed by atoms with Gasteiger partial charge in [-0.15, -0.1) is 0 Å². The highest BCUT2D eigenvalue weighted by Crippen LogP contribution is 2.38. The lowest BCUT2D eigenvalue weighted by Gasteiger charge is -2.31. The largest absolute Gasteiger partial charge is 0.463 e. The van der Waals surface area contributed by atoms with Crippen molar-refractivity contribution in [1.82, 2.24) is 19.8 Å². The molecule has 2 unspecified atom stereocenters. The Morgan fingerprint density at radius 1 is 1.17 bits per heavy atom. The molecule has 0 saturated carbocycles. The van der Waals surface area contributed by atoms with Gasteiger partial charge in [0.05, 0.1) is 18.4 Å². The van der Waals surface area contributed by atoms with Gasteiger partial charge < -0.3 is 15.4 Å². The fourth-order valence-electron chi connectivity index (χ4n) is 5.09. The van der Waals surface area contributed by atoms with Crippen molar-refractivity contribution in [3.63, 3.8) is 0 Å². The van der Waals surface area contributed by atoms with Gasteiger partial charge in [0, 0.05) is 42.7 Å². The van der Waals surface area contributed by atoms with E-state index in [0.29, 0.717) is 24.9 Å². The van der Waals surface area contributed by atoms with E-state index in [4.69, 9.17) is 10.5 Å². The van der Waals surface area contributed by atoms with Gasteiger partial charge in [-0.2, -0.15) is 15.2 Å². The third kappa shape index (κ3) is 4.30. The topological polar surface area (TPSA) is 91.3 Å². The van der Waals surface area contributed by atoms with E-state index in [-0.39, 0.29) is 0 Å². The lowest BCUT2D eigenvalue weighted by Crippen LogP contribution is -2.44. The van der Waals surface area contributed by atoms with Gasteiger partial charge in [0.2, 0.25) is 0 Å². The van der Waals surface area contributed by atoms with Crippen LogP contribution in [0.25, 0.3) is 5.57 Å². The van der Waals surface area contributed by atoms with Gasteiger partial charge in [0.15, 0.2) is 0 Å². The van der Waals surface area contributed by atoms with Crippen molar-refractivity contribution in [1.29, 1.82) is 5.26 Å². The quantitative estimate of drug-likeness (QED) is 0.593. The number of allylic oxidation sites excluding steroid dienone is 2. The zero-order valence-corrected chi connectivity index (χ0v) is 18.4. The molecule has 1 aliphatic carbocycles. The zero-order valence-electron chi connectivity index (χ0n) is 18.4. The molecule has 30 heavy (non-hydrogen) atoms. The van der Waals surface area contributed by atoms with E-state index in [0.717, 1.165) is 60.2 Å². The number of aromatic nitrogens is 2. The molecule has 3 aliphatic rings. The first-order valence-electron chi connectivity index (χ1n) is 11.5. The Labute approximate surface area is 179 Å². The molecule has 2 atom stereocenters. The number of ether oxygens (including phenoxy) is 1. The van der Waals surface area contributed by atoms with Gasteiger partial charge >= 0.3 is 6.01 Å². The lowest BCUT2D eigenvalue weighted by atomic mass is 10.0. The summed E-state index contributed by atoms with van der Waals surface area (Å²) >= 11 is 0. The van der Waals surface area contributed by atoms with Crippen LogP contribution in [0.4, 0.5) is 5.82 Å². The summed E-state index contributed by atoms with van der Waals surface area (Å²) in [6.45, 7) is 6.36. The number of anilines is 1. The summed E-state index contributed by atoms with van der Waals surface area (Å²) in [5.41, 5.74) is 9.73. The van der Waals surface area contributed by atoms with Crippen molar-refractivity contribution in [2.45, 2.75) is 70.4 Å². The monoisotopic (exact) mass is 410 g/mol. The van der Waals surface area contributed by atoms with Crippen LogP contribution in [0.15, 0.2) is 5.57 Å². The van der Waals surface area contributed by atoms with Crippen LogP contribution in [-0.2, 0) is 6.42 Å². The molecule has 0 spiro atoms. The Balaban J connectivity index is 1.31. The molecular weight excluding hydrogens is 376 g/mol. The molecule has 0 amide bonds. The molecule has 2 N–H and O–H groups in total. The maximum Gasteiger partial charge on any atom is 0.318 e. The molecule has 1 aromatic rings. The van der Waals surface area contributed by atoms with Crippen molar-refractivity contribution in [2.24, 2.45) is 0 Å². The Kier molecular flexibility index (Phi) is 6.55. The van der Waals surface area contributed by atoms with Crippen molar-refractivity contribution < 1.29 is 4.74 Å². The van der Waals surface area contributed by atoms with Gasteiger partial charge in [-0.3, -0.25) is 4.90 Å². The molecule has 2 saturated heterocycles. The maximum atomic E-state index is 9.63. The molecular formula is C23H34N6O. The van der Waals surface area contributed by atoms with Gasteiger partial charge in [-0.05, 0) is 51.3 Å². The van der Waals surface area contributed by atoms with Crippen molar-refractivity contribution in [3.05, 3.63) is 16.8 Å². The molecule has 1 aromatic heterocycles. The number of hydrogen-bond acceptors (Lipinski definition) is 7. The second-order valence-corrected chi connectivity index (χ2v) is 8.95. The van der Waals surface area contributed by atoms with Crippen molar-refractivity contribution >= 4 is 11.4 Å². The van der Waals surface area contributed by atoms with Crippen LogP contribution >= 0.6 is 0 Å². The van der Waals surface area contributed by atoms with E-state index in [9.17, 15) is 5.26 Å². The predicted octanol–water partition coefficient (Wildman–Crippen LogP) is 3.02. The van der Waals surface area contributed by atoms with Crippen LogP contribution in [0, 0.1) is 11.3 Å². The Hall–Kier alpha value is -2.17. The minimum atomic E-state index is 0.338. The van der Waals surface area contributed by atoms with Crippen LogP contribution in [0.2, 0.25) is 0 Å². The molecule has 4 rings (SSSR count). The second-order valence-electron chi connectivity index (χ2n) is 8.95. The summed E-state index contributed by atoms with van der Waals surface area (Å²) in [6, 6.07) is 4.24. The summed E-state index contributed by atoms with van der Waals surface area (Å²) < 4.78 is 5.68. The molecule has 0 aromatic carbocycles.